The molecule has 4 heterocycles. The van der Waals surface area contributed by atoms with Crippen molar-refractivity contribution in [3.05, 3.63) is 36.4 Å². The van der Waals surface area contributed by atoms with Gasteiger partial charge in [-0.2, -0.15) is 0 Å². The van der Waals surface area contributed by atoms with Crippen molar-refractivity contribution in [3.8, 4) is 28.4 Å². The monoisotopic (exact) mass is 499 g/mol. The van der Waals surface area contributed by atoms with Gasteiger partial charge in [0.1, 0.15) is 17.6 Å². The van der Waals surface area contributed by atoms with E-state index in [1.54, 1.807) is 23.3 Å². The quantitative estimate of drug-likeness (QED) is 0.398. The number of hydrogen-bond acceptors (Lipinski definition) is 9. The molecule has 35 heavy (non-hydrogen) atoms. The van der Waals surface area contributed by atoms with Crippen molar-refractivity contribution in [1.82, 2.24) is 30.5 Å². The maximum Gasteiger partial charge on any atom is 0.187 e. The van der Waals surface area contributed by atoms with E-state index in [4.69, 9.17) is 0 Å². The van der Waals surface area contributed by atoms with Gasteiger partial charge >= 0.3 is 0 Å². The molecule has 2 saturated heterocycles. The summed E-state index contributed by atoms with van der Waals surface area (Å²) in [4.78, 5) is 14.3. The van der Waals surface area contributed by atoms with E-state index in [0.717, 1.165) is 19.0 Å². The van der Waals surface area contributed by atoms with Crippen LogP contribution in [0.1, 0.15) is 33.1 Å². The van der Waals surface area contributed by atoms with Crippen molar-refractivity contribution in [2.75, 3.05) is 18.2 Å². The number of aromatic nitrogens is 5. The predicted octanol–water partition coefficient (Wildman–Crippen LogP) is 4.01. The second kappa shape index (κ2) is 8.63. The van der Waals surface area contributed by atoms with Crippen molar-refractivity contribution in [3.63, 3.8) is 0 Å². The highest BCUT2D eigenvalue weighted by atomic mass is 32.2. The van der Waals surface area contributed by atoms with Gasteiger partial charge in [-0.05, 0) is 51.5 Å². The number of nitrogens with one attached hydrogen (secondary N) is 1. The van der Waals surface area contributed by atoms with Crippen molar-refractivity contribution < 1.29 is 13.9 Å². The first-order valence-electron chi connectivity index (χ1n) is 11.4. The molecule has 1 aromatic carbocycles. The summed E-state index contributed by atoms with van der Waals surface area (Å²) < 4.78 is 29.7. The lowest BCUT2D eigenvalue weighted by atomic mass is 9.82. The number of rotatable bonds is 5. The Balaban J connectivity index is 1.38. The minimum Gasteiger partial charge on any atom is -0.507 e. The van der Waals surface area contributed by atoms with Gasteiger partial charge in [-0.25, -0.2) is 23.7 Å². The van der Waals surface area contributed by atoms with Crippen LogP contribution >= 0.6 is 11.8 Å². The molecule has 2 N–H and O–H groups in total. The number of benzene rings is 1. The van der Waals surface area contributed by atoms with Crippen molar-refractivity contribution in [1.29, 1.82) is 0 Å². The van der Waals surface area contributed by atoms with E-state index in [2.05, 4.69) is 37.4 Å². The Morgan fingerprint density at radius 1 is 1.17 bits per heavy atom. The smallest absolute Gasteiger partial charge is 0.187 e. The summed E-state index contributed by atoms with van der Waals surface area (Å²) in [6.07, 6.45) is 5.77. The Morgan fingerprint density at radius 3 is 2.66 bits per heavy atom. The highest BCUT2D eigenvalue weighted by molar-refractivity contribution is 7.98. The lowest BCUT2D eigenvalue weighted by molar-refractivity contribution is 0.0859. The number of halogens is 2. The molecule has 184 valence electrons. The van der Waals surface area contributed by atoms with Crippen LogP contribution in [0.25, 0.3) is 22.6 Å². The van der Waals surface area contributed by atoms with Crippen LogP contribution in [0.2, 0.25) is 0 Å². The van der Waals surface area contributed by atoms with E-state index in [1.807, 2.05) is 14.0 Å². The molecule has 2 bridgehead atoms. The molecule has 0 aliphatic carbocycles. The SMILES string of the molecule is CSc1ncc(F)c(-c2ccc(-c3ncc(N(C)[C@H]4C[C@]5(C)CC[C@@](C)(N5)[C@H]4F)nn3)c(O)c2)n1. The van der Waals surface area contributed by atoms with Gasteiger partial charge in [0.15, 0.2) is 22.6 Å². The largest absolute Gasteiger partial charge is 0.507 e. The summed E-state index contributed by atoms with van der Waals surface area (Å²) in [7, 11) is 1.81. The fourth-order valence-corrected chi connectivity index (χ4v) is 5.62. The fourth-order valence-electron chi connectivity index (χ4n) is 5.28. The number of alkyl halides is 1. The van der Waals surface area contributed by atoms with Crippen LogP contribution in [-0.4, -0.2) is 66.9 Å². The minimum absolute atomic E-state index is 0.0984. The second-order valence-electron chi connectivity index (χ2n) is 9.81. The Kier molecular flexibility index (Phi) is 5.87. The molecule has 2 fully saturated rings. The second-order valence-corrected chi connectivity index (χ2v) is 10.6. The van der Waals surface area contributed by atoms with Gasteiger partial charge in [0.25, 0.3) is 0 Å². The molecule has 2 aliphatic rings. The third-order valence-corrected chi connectivity index (χ3v) is 7.78. The normalized spacial score (nSPS) is 27.7. The Bertz CT molecular complexity index is 1260. The zero-order valence-electron chi connectivity index (χ0n) is 20.0. The number of piperidine rings is 1. The molecule has 0 amide bonds. The number of thioether (sulfide) groups is 1. The Labute approximate surface area is 206 Å². The molecule has 0 radical (unpaired) electrons. The van der Waals surface area contributed by atoms with Gasteiger partial charge in [0, 0.05) is 23.7 Å². The molecule has 2 aromatic heterocycles. The zero-order chi connectivity index (χ0) is 25.0. The summed E-state index contributed by atoms with van der Waals surface area (Å²) in [5.41, 5.74) is 0.187. The van der Waals surface area contributed by atoms with Crippen LogP contribution in [0.4, 0.5) is 14.6 Å². The number of aromatic hydroxyl groups is 1. The van der Waals surface area contributed by atoms with Gasteiger partial charge in [0.05, 0.1) is 24.0 Å². The van der Waals surface area contributed by atoms with E-state index in [1.165, 1.54) is 24.0 Å². The predicted molar refractivity (Wildman–Crippen MR) is 131 cm³/mol. The van der Waals surface area contributed by atoms with Gasteiger partial charge in [-0.1, -0.05) is 17.8 Å². The first kappa shape index (κ1) is 23.8. The first-order valence-corrected chi connectivity index (χ1v) is 12.6. The number of phenolic OH excluding ortho intramolecular Hbond substituents is 1. The minimum atomic E-state index is -1.06. The molecular formula is C24H27F2N7OS. The maximum absolute atomic E-state index is 15.4. The van der Waals surface area contributed by atoms with Gasteiger partial charge in [-0.3, -0.25) is 0 Å². The topological polar surface area (TPSA) is 100.0 Å². The average molecular weight is 500 g/mol. The van der Waals surface area contributed by atoms with Crippen LogP contribution < -0.4 is 10.2 Å². The number of nitrogens with zero attached hydrogens (tertiary/aromatic N) is 6. The number of phenols is 1. The number of hydrogen-bond donors (Lipinski definition) is 2. The molecular weight excluding hydrogens is 472 g/mol. The van der Waals surface area contributed by atoms with Gasteiger partial charge in [-0.15, -0.1) is 10.2 Å². The molecule has 11 heteroatoms. The summed E-state index contributed by atoms with van der Waals surface area (Å²) in [5, 5.41) is 23.0. The molecule has 4 atom stereocenters. The van der Waals surface area contributed by atoms with Crippen LogP contribution in [0, 0.1) is 5.82 Å². The average Bonchev–Trinajstić information content (AvgIpc) is 3.13. The number of fused-ring (bicyclic) bond motifs is 2. The van der Waals surface area contributed by atoms with E-state index in [0.29, 0.717) is 28.5 Å². The van der Waals surface area contributed by atoms with Crippen molar-refractivity contribution in [2.45, 2.75) is 61.6 Å². The first-order chi connectivity index (χ1) is 16.6. The molecule has 5 rings (SSSR count). The van der Waals surface area contributed by atoms with E-state index in [9.17, 15) is 9.50 Å². The Hall–Kier alpha value is -2.92. The summed E-state index contributed by atoms with van der Waals surface area (Å²) in [5.74, 6) is -0.0480. The Morgan fingerprint density at radius 2 is 1.97 bits per heavy atom. The van der Waals surface area contributed by atoms with Gasteiger partial charge in [0.2, 0.25) is 0 Å². The van der Waals surface area contributed by atoms with Crippen LogP contribution in [0.3, 0.4) is 0 Å². The lowest BCUT2D eigenvalue weighted by Gasteiger charge is -2.47. The fraction of sp³-hybridized carbons (Fsp3) is 0.458. The van der Waals surface area contributed by atoms with E-state index in [-0.39, 0.29) is 28.8 Å². The van der Waals surface area contributed by atoms with E-state index >= 15 is 4.39 Å². The molecule has 0 saturated carbocycles. The highest BCUT2D eigenvalue weighted by Crippen LogP contribution is 2.45. The van der Waals surface area contributed by atoms with Crippen molar-refractivity contribution in [2.24, 2.45) is 0 Å². The lowest BCUT2D eigenvalue weighted by Crippen LogP contribution is -2.65. The maximum atomic E-state index is 15.4. The molecule has 8 nitrogen and oxygen atoms in total. The summed E-state index contributed by atoms with van der Waals surface area (Å²) >= 11 is 1.30. The van der Waals surface area contributed by atoms with Gasteiger partial charge < -0.3 is 15.3 Å². The molecule has 0 unspecified atom stereocenters. The summed E-state index contributed by atoms with van der Waals surface area (Å²) in [6, 6.07) is 4.29. The summed E-state index contributed by atoms with van der Waals surface area (Å²) in [6.45, 7) is 4.08. The van der Waals surface area contributed by atoms with Crippen LogP contribution in [-0.2, 0) is 0 Å². The zero-order valence-corrected chi connectivity index (χ0v) is 20.8. The molecule has 2 aliphatic heterocycles. The molecule has 3 aromatic rings. The molecule has 0 spiro atoms. The van der Waals surface area contributed by atoms with Crippen molar-refractivity contribution >= 4 is 17.6 Å². The highest BCUT2D eigenvalue weighted by Gasteiger charge is 2.56. The van der Waals surface area contributed by atoms with Crippen LogP contribution in [0.15, 0.2) is 35.7 Å². The number of anilines is 1. The van der Waals surface area contributed by atoms with Crippen LogP contribution in [0.5, 0.6) is 5.75 Å². The third-order valence-electron chi connectivity index (χ3n) is 7.21. The standard InChI is InChI=1S/C24H27F2N7OS/c1-23-7-8-24(2,32-23)20(26)16(10-23)33(3)18-12-27-21(31-30-18)14-6-5-13(9-17(14)34)19-15(25)11-28-22(29-19)35-4/h5-6,9,11-12,16,20,32,34H,7-8,10H2,1-4H3/t16-,20-,23-,24+/m0/s1. The van der Waals surface area contributed by atoms with E-state index < -0.39 is 17.5 Å². The third kappa shape index (κ3) is 4.20.